The van der Waals surface area contributed by atoms with Gasteiger partial charge in [0.25, 0.3) is 5.91 Å². The van der Waals surface area contributed by atoms with Gasteiger partial charge < -0.3 is 10.1 Å². The molecule has 1 N–H and O–H groups in total. The number of hydrogen-bond acceptors (Lipinski definition) is 6. The molecule has 1 aliphatic rings. The average Bonchev–Trinajstić information content (AvgIpc) is 2.97. The molecule has 2 aromatic rings. The maximum absolute atomic E-state index is 12.3. The van der Waals surface area contributed by atoms with Crippen molar-refractivity contribution in [1.82, 2.24) is 25.5 Å². The number of carbonyl (C=O) groups is 2. The monoisotopic (exact) mass is 405 g/mol. The third-order valence-corrected chi connectivity index (χ3v) is 4.96. The molecule has 1 aromatic heterocycles. The lowest BCUT2D eigenvalue weighted by Crippen LogP contribution is -2.42. The maximum atomic E-state index is 12.3. The van der Waals surface area contributed by atoms with E-state index in [0.29, 0.717) is 10.8 Å². The average molecular weight is 406 g/mol. The summed E-state index contributed by atoms with van der Waals surface area (Å²) in [6, 6.07) is 7.14. The quantitative estimate of drug-likeness (QED) is 0.586. The molecule has 150 valence electrons. The Hall–Kier alpha value is -2.48. The summed E-state index contributed by atoms with van der Waals surface area (Å²) in [7, 11) is 0. The molecule has 3 rings (SSSR count). The Kier molecular flexibility index (Phi) is 6.97. The first-order valence-corrected chi connectivity index (χ1v) is 9.92. The third kappa shape index (κ3) is 5.76. The Morgan fingerprint density at radius 3 is 2.57 bits per heavy atom. The van der Waals surface area contributed by atoms with Crippen molar-refractivity contribution in [3.05, 3.63) is 29.3 Å². The van der Waals surface area contributed by atoms with Gasteiger partial charge in [-0.05, 0) is 49.2 Å². The van der Waals surface area contributed by atoms with Gasteiger partial charge in [-0.1, -0.05) is 37.3 Å². The summed E-state index contributed by atoms with van der Waals surface area (Å²) in [4.78, 5) is 25.5. The van der Waals surface area contributed by atoms with Gasteiger partial charge in [-0.15, -0.1) is 10.2 Å². The van der Waals surface area contributed by atoms with Crippen molar-refractivity contribution in [2.45, 2.75) is 64.1 Å². The maximum Gasteiger partial charge on any atom is 0.330 e. The van der Waals surface area contributed by atoms with Gasteiger partial charge in [0.15, 0.2) is 12.6 Å². The summed E-state index contributed by atoms with van der Waals surface area (Å²) in [5, 5.41) is 15.5. The normalized spacial score (nSPS) is 16.2. The second-order valence-corrected chi connectivity index (χ2v) is 7.42. The van der Waals surface area contributed by atoms with Crippen LogP contribution in [-0.2, 0) is 20.9 Å². The highest BCUT2D eigenvalue weighted by Crippen LogP contribution is 2.18. The first-order chi connectivity index (χ1) is 13.5. The molecule has 0 bridgehead atoms. The van der Waals surface area contributed by atoms with Crippen molar-refractivity contribution in [1.29, 1.82) is 0 Å². The van der Waals surface area contributed by atoms with Crippen LogP contribution in [0.4, 0.5) is 0 Å². The molecule has 1 amide bonds. The largest absolute Gasteiger partial charge is 0.451 e. The summed E-state index contributed by atoms with van der Waals surface area (Å²) in [6.07, 6.45) is 5.74. The molecule has 1 aromatic carbocycles. The molecular weight excluding hydrogens is 382 g/mol. The number of esters is 1. The molecule has 0 unspecified atom stereocenters. The molecule has 0 radical (unpaired) electrons. The zero-order chi connectivity index (χ0) is 19.9. The van der Waals surface area contributed by atoms with E-state index < -0.39 is 12.1 Å². The molecule has 1 atom stereocenters. The summed E-state index contributed by atoms with van der Waals surface area (Å²) in [5.74, 6) is -0.485. The van der Waals surface area contributed by atoms with Gasteiger partial charge in [0.05, 0.1) is 0 Å². The van der Waals surface area contributed by atoms with E-state index in [1.165, 1.54) is 12.8 Å². The van der Waals surface area contributed by atoms with E-state index in [9.17, 15) is 9.59 Å². The highest BCUT2D eigenvalue weighted by molar-refractivity contribution is 6.30. The van der Waals surface area contributed by atoms with Crippen LogP contribution in [0, 0.1) is 0 Å². The predicted molar refractivity (Wildman–Crippen MR) is 103 cm³/mol. The van der Waals surface area contributed by atoms with Crippen LogP contribution in [0.1, 0.15) is 45.4 Å². The van der Waals surface area contributed by atoms with E-state index in [1.807, 2.05) is 0 Å². The Balaban J connectivity index is 1.49. The summed E-state index contributed by atoms with van der Waals surface area (Å²) >= 11 is 5.86. The second-order valence-electron chi connectivity index (χ2n) is 6.98. The van der Waals surface area contributed by atoms with Crippen LogP contribution in [-0.4, -0.2) is 44.2 Å². The van der Waals surface area contributed by atoms with Crippen molar-refractivity contribution in [3.63, 3.8) is 0 Å². The van der Waals surface area contributed by atoms with Gasteiger partial charge in [0, 0.05) is 16.6 Å². The van der Waals surface area contributed by atoms with Gasteiger partial charge in [0.2, 0.25) is 5.82 Å². The number of amides is 1. The zero-order valence-electron chi connectivity index (χ0n) is 15.8. The minimum atomic E-state index is -0.866. The molecule has 0 aliphatic heterocycles. The summed E-state index contributed by atoms with van der Waals surface area (Å²) in [6.45, 7) is 1.35. The van der Waals surface area contributed by atoms with Crippen LogP contribution in [0.2, 0.25) is 5.02 Å². The third-order valence-electron chi connectivity index (χ3n) is 4.70. The molecule has 9 heteroatoms. The number of ether oxygens (including phenoxy) is 1. The standard InChI is InChI=1S/C19H24ClN5O3/c1-13(19(27)21-16-6-4-2-3-5-7-16)28-17(26)12-25-23-18(22-24-25)14-8-10-15(20)11-9-14/h8-11,13,16H,2-7,12H2,1H3,(H,21,27)/t13-/m0/s1. The van der Waals surface area contributed by atoms with Gasteiger partial charge in [-0.25, -0.2) is 4.79 Å². The zero-order valence-corrected chi connectivity index (χ0v) is 16.6. The van der Waals surface area contributed by atoms with Crippen molar-refractivity contribution >= 4 is 23.5 Å². The van der Waals surface area contributed by atoms with Gasteiger partial charge in [-0.2, -0.15) is 4.80 Å². The van der Waals surface area contributed by atoms with E-state index in [0.717, 1.165) is 36.0 Å². The fraction of sp³-hybridized carbons (Fsp3) is 0.526. The Bertz CT molecular complexity index is 800. The number of rotatable bonds is 6. The fourth-order valence-corrected chi connectivity index (χ4v) is 3.30. The van der Waals surface area contributed by atoms with Crippen LogP contribution in [0.15, 0.2) is 24.3 Å². The summed E-state index contributed by atoms with van der Waals surface area (Å²) in [5.41, 5.74) is 0.736. The van der Waals surface area contributed by atoms with Crippen LogP contribution in [0.25, 0.3) is 11.4 Å². The molecule has 1 saturated carbocycles. The van der Waals surface area contributed by atoms with Crippen LogP contribution in [0.5, 0.6) is 0 Å². The molecular formula is C19H24ClN5O3. The number of aromatic nitrogens is 4. The highest BCUT2D eigenvalue weighted by Gasteiger charge is 2.22. The van der Waals surface area contributed by atoms with Crippen molar-refractivity contribution in [2.24, 2.45) is 0 Å². The van der Waals surface area contributed by atoms with Gasteiger partial charge in [-0.3, -0.25) is 4.79 Å². The number of carbonyl (C=O) groups excluding carboxylic acids is 2. The predicted octanol–water partition coefficient (Wildman–Crippen LogP) is 2.76. The Morgan fingerprint density at radius 1 is 1.21 bits per heavy atom. The minimum Gasteiger partial charge on any atom is -0.451 e. The molecule has 1 heterocycles. The number of nitrogens with one attached hydrogen (secondary N) is 1. The number of halogens is 1. The molecule has 1 fully saturated rings. The van der Waals surface area contributed by atoms with Crippen LogP contribution < -0.4 is 5.32 Å². The van der Waals surface area contributed by atoms with Crippen LogP contribution >= 0.6 is 11.6 Å². The fourth-order valence-electron chi connectivity index (χ4n) is 3.17. The number of nitrogens with zero attached hydrogens (tertiary/aromatic N) is 4. The number of tetrazole rings is 1. The topological polar surface area (TPSA) is 99.0 Å². The second kappa shape index (κ2) is 9.64. The lowest BCUT2D eigenvalue weighted by Gasteiger charge is -2.19. The van der Waals surface area contributed by atoms with E-state index in [1.54, 1.807) is 31.2 Å². The Morgan fingerprint density at radius 2 is 1.89 bits per heavy atom. The number of benzene rings is 1. The molecule has 1 aliphatic carbocycles. The molecule has 0 saturated heterocycles. The van der Waals surface area contributed by atoms with E-state index >= 15 is 0 Å². The smallest absolute Gasteiger partial charge is 0.330 e. The SMILES string of the molecule is C[C@H](OC(=O)Cn1nnc(-c2ccc(Cl)cc2)n1)C(=O)NC1CCCCCC1. The highest BCUT2D eigenvalue weighted by atomic mass is 35.5. The summed E-state index contributed by atoms with van der Waals surface area (Å²) < 4.78 is 5.22. The lowest BCUT2D eigenvalue weighted by molar-refractivity contribution is -0.156. The van der Waals surface area contributed by atoms with Crippen molar-refractivity contribution in [3.8, 4) is 11.4 Å². The Labute approximate surface area is 168 Å². The van der Waals surface area contributed by atoms with E-state index in [2.05, 4.69) is 20.7 Å². The first kappa shape index (κ1) is 20.3. The van der Waals surface area contributed by atoms with Crippen molar-refractivity contribution < 1.29 is 14.3 Å². The molecule has 28 heavy (non-hydrogen) atoms. The minimum absolute atomic E-state index is 0.162. The van der Waals surface area contributed by atoms with E-state index in [-0.39, 0.29) is 18.5 Å². The number of hydrogen-bond donors (Lipinski definition) is 1. The van der Waals surface area contributed by atoms with E-state index in [4.69, 9.17) is 16.3 Å². The van der Waals surface area contributed by atoms with Crippen LogP contribution in [0.3, 0.4) is 0 Å². The van der Waals surface area contributed by atoms with Gasteiger partial charge in [0.1, 0.15) is 0 Å². The van der Waals surface area contributed by atoms with Crippen molar-refractivity contribution in [2.75, 3.05) is 0 Å². The van der Waals surface area contributed by atoms with Gasteiger partial charge >= 0.3 is 5.97 Å². The lowest BCUT2D eigenvalue weighted by atomic mass is 10.1. The molecule has 8 nitrogen and oxygen atoms in total. The molecule has 0 spiro atoms. The first-order valence-electron chi connectivity index (χ1n) is 9.55.